The molecule has 0 spiro atoms. The maximum atomic E-state index is 9.93. The van der Waals surface area contributed by atoms with Crippen LogP contribution in [0, 0.1) is 0 Å². The fourth-order valence-corrected chi connectivity index (χ4v) is 4.76. The van der Waals surface area contributed by atoms with Crippen LogP contribution in [0.2, 0.25) is 0 Å². The van der Waals surface area contributed by atoms with Crippen molar-refractivity contribution in [2.24, 2.45) is 0 Å². The lowest BCUT2D eigenvalue weighted by Gasteiger charge is -2.30. The first-order chi connectivity index (χ1) is 17.1. The first-order valence-corrected chi connectivity index (χ1v) is 12.3. The molecule has 180 valence electrons. The normalized spacial score (nSPS) is 18.5. The molecular formula is C28H30N4O3. The van der Waals surface area contributed by atoms with Gasteiger partial charge in [-0.1, -0.05) is 30.3 Å². The summed E-state index contributed by atoms with van der Waals surface area (Å²) in [6.07, 6.45) is 7.41. The van der Waals surface area contributed by atoms with Gasteiger partial charge in [0, 0.05) is 43.2 Å². The van der Waals surface area contributed by atoms with Crippen molar-refractivity contribution >= 4 is 5.65 Å². The molecular weight excluding hydrogens is 440 g/mol. The van der Waals surface area contributed by atoms with E-state index in [-0.39, 0.29) is 5.60 Å². The van der Waals surface area contributed by atoms with Crippen molar-refractivity contribution in [3.05, 3.63) is 72.7 Å². The van der Waals surface area contributed by atoms with E-state index in [1.54, 1.807) is 6.92 Å². The molecule has 1 unspecified atom stereocenters. The topological polar surface area (TPSA) is 72.1 Å². The second-order valence-electron chi connectivity index (χ2n) is 9.67. The molecule has 1 atom stereocenters. The number of ether oxygens (including phenoxy) is 2. The van der Waals surface area contributed by atoms with Gasteiger partial charge in [0.1, 0.15) is 11.4 Å². The Balaban J connectivity index is 1.19. The Morgan fingerprint density at radius 1 is 1.03 bits per heavy atom. The molecule has 3 heterocycles. The van der Waals surface area contributed by atoms with Gasteiger partial charge in [-0.15, -0.1) is 0 Å². The molecule has 0 bridgehead atoms. The minimum absolute atomic E-state index is 0.0457. The van der Waals surface area contributed by atoms with E-state index in [1.165, 1.54) is 0 Å². The molecule has 7 nitrogen and oxygen atoms in total. The monoisotopic (exact) mass is 470 g/mol. The van der Waals surface area contributed by atoms with E-state index in [9.17, 15) is 5.11 Å². The molecule has 1 saturated carbocycles. The van der Waals surface area contributed by atoms with Gasteiger partial charge in [-0.2, -0.15) is 5.10 Å². The van der Waals surface area contributed by atoms with Crippen LogP contribution in [0.5, 0.6) is 5.75 Å². The molecule has 4 aromatic rings. The number of morpholine rings is 1. The van der Waals surface area contributed by atoms with Gasteiger partial charge in [0.05, 0.1) is 25.5 Å². The molecule has 2 aromatic heterocycles. The standard InChI is InChI=1S/C28H30N4O3/c1-20(33)22-3-2-4-23(15-22)26-17-30-32-18-24(16-29-27(26)32)21-5-7-25(8-6-21)35-28(9-10-28)19-31-11-13-34-14-12-31/h2-8,15-18,20,33H,9-14,19H2,1H3. The highest BCUT2D eigenvalue weighted by molar-refractivity contribution is 5.78. The fourth-order valence-electron chi connectivity index (χ4n) is 4.76. The Labute approximate surface area is 204 Å². The molecule has 1 aliphatic carbocycles. The van der Waals surface area contributed by atoms with Crippen LogP contribution in [0.15, 0.2) is 67.1 Å². The summed E-state index contributed by atoms with van der Waals surface area (Å²) < 4.78 is 13.7. The van der Waals surface area contributed by atoms with Crippen molar-refractivity contribution in [3.63, 3.8) is 0 Å². The van der Waals surface area contributed by atoms with Crippen LogP contribution >= 0.6 is 0 Å². The van der Waals surface area contributed by atoms with E-state index in [2.05, 4.69) is 34.3 Å². The van der Waals surface area contributed by atoms with Crippen molar-refractivity contribution < 1.29 is 14.6 Å². The molecule has 1 N–H and O–H groups in total. The van der Waals surface area contributed by atoms with Gasteiger partial charge in [-0.3, -0.25) is 4.90 Å². The Hall–Kier alpha value is -3.26. The SMILES string of the molecule is CC(O)c1cccc(-c2cnn3cc(-c4ccc(OC5(CN6CCOCC6)CC5)cc4)cnc23)c1. The predicted octanol–water partition coefficient (Wildman–Crippen LogP) is 4.36. The molecule has 6 rings (SSSR count). The smallest absolute Gasteiger partial charge is 0.162 e. The van der Waals surface area contributed by atoms with E-state index in [4.69, 9.17) is 14.5 Å². The van der Waals surface area contributed by atoms with Gasteiger partial charge in [0.2, 0.25) is 0 Å². The molecule has 0 radical (unpaired) electrons. The second kappa shape index (κ2) is 9.07. The minimum Gasteiger partial charge on any atom is -0.486 e. The molecule has 2 aliphatic rings. The summed E-state index contributed by atoms with van der Waals surface area (Å²) in [7, 11) is 0. The number of aliphatic hydroxyl groups is 1. The number of hydrogen-bond acceptors (Lipinski definition) is 6. The fraction of sp³-hybridized carbons (Fsp3) is 0.357. The summed E-state index contributed by atoms with van der Waals surface area (Å²) in [5.74, 6) is 0.910. The molecule has 2 fully saturated rings. The van der Waals surface area contributed by atoms with Gasteiger partial charge < -0.3 is 14.6 Å². The Bertz CT molecular complexity index is 1320. The average molecular weight is 471 g/mol. The van der Waals surface area contributed by atoms with Crippen LogP contribution in [0.4, 0.5) is 0 Å². The lowest BCUT2D eigenvalue weighted by atomic mass is 10.0. The molecule has 35 heavy (non-hydrogen) atoms. The number of fused-ring (bicyclic) bond motifs is 1. The summed E-state index contributed by atoms with van der Waals surface area (Å²) in [6.45, 7) is 6.34. The highest BCUT2D eigenvalue weighted by atomic mass is 16.5. The van der Waals surface area contributed by atoms with Gasteiger partial charge >= 0.3 is 0 Å². The van der Waals surface area contributed by atoms with Crippen LogP contribution in [0.3, 0.4) is 0 Å². The lowest BCUT2D eigenvalue weighted by Crippen LogP contribution is -2.43. The number of nitrogens with zero attached hydrogens (tertiary/aromatic N) is 4. The molecule has 2 aromatic carbocycles. The maximum Gasteiger partial charge on any atom is 0.162 e. The van der Waals surface area contributed by atoms with Crippen molar-refractivity contribution in [1.29, 1.82) is 0 Å². The highest BCUT2D eigenvalue weighted by Crippen LogP contribution is 2.41. The average Bonchev–Trinajstić information content (AvgIpc) is 3.50. The van der Waals surface area contributed by atoms with Crippen molar-refractivity contribution in [3.8, 4) is 28.0 Å². The van der Waals surface area contributed by atoms with Gasteiger partial charge in [-0.05, 0) is 54.7 Å². The summed E-state index contributed by atoms with van der Waals surface area (Å²) in [4.78, 5) is 7.17. The Morgan fingerprint density at radius 3 is 2.57 bits per heavy atom. The zero-order valence-electron chi connectivity index (χ0n) is 19.9. The second-order valence-corrected chi connectivity index (χ2v) is 9.67. The minimum atomic E-state index is -0.516. The number of hydrogen-bond donors (Lipinski definition) is 1. The molecule has 1 aliphatic heterocycles. The largest absolute Gasteiger partial charge is 0.486 e. The molecule has 0 amide bonds. The molecule has 1 saturated heterocycles. The quantitative estimate of drug-likeness (QED) is 0.433. The van der Waals surface area contributed by atoms with E-state index in [0.717, 1.165) is 84.9 Å². The number of rotatable bonds is 7. The third-order valence-corrected chi connectivity index (χ3v) is 6.98. The maximum absolute atomic E-state index is 9.93. The highest BCUT2D eigenvalue weighted by Gasteiger charge is 2.46. The predicted molar refractivity (Wildman–Crippen MR) is 134 cm³/mol. The lowest BCUT2D eigenvalue weighted by molar-refractivity contribution is 0.0140. The zero-order chi connectivity index (χ0) is 23.8. The first kappa shape index (κ1) is 22.2. The van der Waals surface area contributed by atoms with Gasteiger partial charge in [0.25, 0.3) is 0 Å². The van der Waals surface area contributed by atoms with Crippen LogP contribution in [0.25, 0.3) is 27.9 Å². The van der Waals surface area contributed by atoms with Crippen LogP contribution in [0.1, 0.15) is 31.4 Å². The summed E-state index contributed by atoms with van der Waals surface area (Å²) in [6, 6.07) is 16.1. The van der Waals surface area contributed by atoms with Crippen LogP contribution in [-0.4, -0.2) is 63.1 Å². The number of aromatic nitrogens is 3. The summed E-state index contributed by atoms with van der Waals surface area (Å²) in [5.41, 5.74) is 5.61. The summed E-state index contributed by atoms with van der Waals surface area (Å²) in [5, 5.41) is 14.5. The number of benzene rings is 2. The van der Waals surface area contributed by atoms with E-state index >= 15 is 0 Å². The first-order valence-electron chi connectivity index (χ1n) is 12.3. The van der Waals surface area contributed by atoms with Gasteiger partial charge in [0.15, 0.2) is 5.65 Å². The van der Waals surface area contributed by atoms with E-state index < -0.39 is 6.10 Å². The van der Waals surface area contributed by atoms with Crippen molar-refractivity contribution in [1.82, 2.24) is 19.5 Å². The van der Waals surface area contributed by atoms with Gasteiger partial charge in [-0.25, -0.2) is 9.50 Å². The Kier molecular flexibility index (Phi) is 5.76. The third-order valence-electron chi connectivity index (χ3n) is 6.98. The zero-order valence-corrected chi connectivity index (χ0v) is 19.9. The molecule has 7 heteroatoms. The van der Waals surface area contributed by atoms with E-state index in [1.807, 2.05) is 47.4 Å². The Morgan fingerprint density at radius 2 is 1.83 bits per heavy atom. The summed E-state index contributed by atoms with van der Waals surface area (Å²) >= 11 is 0. The number of aliphatic hydroxyl groups excluding tert-OH is 1. The van der Waals surface area contributed by atoms with Crippen molar-refractivity contribution in [2.75, 3.05) is 32.8 Å². The van der Waals surface area contributed by atoms with Crippen LogP contribution < -0.4 is 4.74 Å². The van der Waals surface area contributed by atoms with E-state index in [0.29, 0.717) is 0 Å². The third kappa shape index (κ3) is 4.67. The van der Waals surface area contributed by atoms with Crippen LogP contribution in [-0.2, 0) is 4.74 Å². The van der Waals surface area contributed by atoms with Crippen molar-refractivity contribution in [2.45, 2.75) is 31.5 Å².